The Kier molecular flexibility index (Phi) is 5.93. The lowest BCUT2D eigenvalue weighted by Crippen LogP contribution is -2.55. The summed E-state index contributed by atoms with van der Waals surface area (Å²) in [6, 6.07) is 12.3. The van der Waals surface area contributed by atoms with Crippen LogP contribution in [0.3, 0.4) is 0 Å². The predicted octanol–water partition coefficient (Wildman–Crippen LogP) is 6.61. The van der Waals surface area contributed by atoms with Crippen molar-refractivity contribution in [3.8, 4) is 5.75 Å². The molecule has 2 aromatic carbocycles. The molecule has 0 bridgehead atoms. The summed E-state index contributed by atoms with van der Waals surface area (Å²) in [6.45, 7) is 3.74. The number of likely N-dealkylation sites (tertiary alicyclic amines) is 1. The summed E-state index contributed by atoms with van der Waals surface area (Å²) in [5.74, 6) is 0.476. The van der Waals surface area contributed by atoms with Crippen LogP contribution in [0.15, 0.2) is 53.9 Å². The average Bonchev–Trinajstić information content (AvgIpc) is 3.38. The number of hydrogen-bond donors (Lipinski definition) is 3. The first-order chi connectivity index (χ1) is 15.8. The lowest BCUT2D eigenvalue weighted by molar-refractivity contribution is 0.119. The molecule has 2 atom stereocenters. The molecular formula is C26H33FN2O3S. The molecule has 5 nitrogen and oxygen atoms in total. The standard InChI is InChI=1S/C26H33FN2O3S/c1-19-17-26(12-14-33(31,32)29(26)23-8-4-7-22(27)16-23)11-13-28(19)18-20-9-10-25(30)24(15-20)21-5-2-3-6-21/h4,7-10,12,14-16,19,21,30-32H,2-3,5-6,11,13,17-18H2,1H3/t19-,26-/m0/s1. The zero-order valence-electron chi connectivity index (χ0n) is 19.0. The van der Waals surface area contributed by atoms with Crippen LogP contribution >= 0.6 is 10.8 Å². The highest BCUT2D eigenvalue weighted by atomic mass is 32.3. The summed E-state index contributed by atoms with van der Waals surface area (Å²) in [6.07, 6.45) is 8.10. The number of piperidine rings is 1. The summed E-state index contributed by atoms with van der Waals surface area (Å²) in [4.78, 5) is 2.41. The molecule has 7 heteroatoms. The molecule has 0 unspecified atom stereocenters. The molecule has 0 amide bonds. The number of phenols is 1. The van der Waals surface area contributed by atoms with Gasteiger partial charge in [-0.1, -0.05) is 41.8 Å². The second-order valence-corrected chi connectivity index (χ2v) is 11.6. The third-order valence-corrected chi connectivity index (χ3v) is 9.27. The van der Waals surface area contributed by atoms with Crippen LogP contribution in [0.2, 0.25) is 0 Å². The van der Waals surface area contributed by atoms with E-state index in [1.165, 1.54) is 35.9 Å². The van der Waals surface area contributed by atoms with Gasteiger partial charge in [0.05, 0.1) is 11.2 Å². The highest BCUT2D eigenvalue weighted by molar-refractivity contribution is 8.28. The van der Waals surface area contributed by atoms with Crippen molar-refractivity contribution in [2.24, 2.45) is 0 Å². The first kappa shape index (κ1) is 22.7. The number of anilines is 1. The molecule has 1 saturated carbocycles. The number of halogens is 1. The summed E-state index contributed by atoms with van der Waals surface area (Å²) in [7, 11) is -3.14. The van der Waals surface area contributed by atoms with Gasteiger partial charge in [0.25, 0.3) is 0 Å². The van der Waals surface area contributed by atoms with Crippen LogP contribution in [-0.4, -0.2) is 37.2 Å². The van der Waals surface area contributed by atoms with E-state index in [9.17, 15) is 18.6 Å². The SMILES string of the molecule is C[C@H]1C[C@@]2(C=CS(O)(O)N2c2cccc(F)c2)CCN1Cc1ccc(O)c(C2CCCC2)c1. The minimum absolute atomic E-state index is 0.191. The normalized spacial score (nSPS) is 28.6. The van der Waals surface area contributed by atoms with Gasteiger partial charge in [0.2, 0.25) is 0 Å². The zero-order valence-corrected chi connectivity index (χ0v) is 19.8. The number of aromatic hydroxyl groups is 1. The Morgan fingerprint density at radius 2 is 1.91 bits per heavy atom. The molecule has 2 heterocycles. The number of benzene rings is 2. The third-order valence-electron chi connectivity index (χ3n) is 7.65. The molecule has 3 N–H and O–H groups in total. The van der Waals surface area contributed by atoms with Crippen LogP contribution in [0.4, 0.5) is 10.1 Å². The molecule has 1 saturated heterocycles. The summed E-state index contributed by atoms with van der Waals surface area (Å²) >= 11 is 0. The second kappa shape index (κ2) is 8.62. The maximum atomic E-state index is 14.0. The van der Waals surface area contributed by atoms with Gasteiger partial charge in [-0.3, -0.25) is 18.3 Å². The number of rotatable bonds is 4. The van der Waals surface area contributed by atoms with Gasteiger partial charge < -0.3 is 5.11 Å². The molecule has 5 rings (SSSR count). The monoisotopic (exact) mass is 472 g/mol. The highest BCUT2D eigenvalue weighted by Crippen LogP contribution is 2.60. The summed E-state index contributed by atoms with van der Waals surface area (Å²) in [5.41, 5.74) is 2.23. The fourth-order valence-corrected chi connectivity index (χ4v) is 7.74. The molecule has 0 radical (unpaired) electrons. The van der Waals surface area contributed by atoms with Gasteiger partial charge in [-0.15, -0.1) is 0 Å². The molecule has 1 spiro atoms. The minimum Gasteiger partial charge on any atom is -0.508 e. The van der Waals surface area contributed by atoms with Crippen molar-refractivity contribution in [1.29, 1.82) is 0 Å². The van der Waals surface area contributed by atoms with Crippen molar-refractivity contribution in [1.82, 2.24) is 4.90 Å². The molecule has 1 aliphatic carbocycles. The lowest BCUT2D eigenvalue weighted by atomic mass is 9.83. The Morgan fingerprint density at radius 1 is 1.12 bits per heavy atom. The summed E-state index contributed by atoms with van der Waals surface area (Å²) < 4.78 is 37.2. The Hall–Kier alpha value is -2.06. The molecule has 2 fully saturated rings. The van der Waals surface area contributed by atoms with E-state index in [4.69, 9.17) is 0 Å². The van der Waals surface area contributed by atoms with Crippen LogP contribution in [0.1, 0.15) is 62.5 Å². The molecule has 2 aromatic rings. The van der Waals surface area contributed by atoms with Gasteiger partial charge in [-0.05, 0) is 80.0 Å². The van der Waals surface area contributed by atoms with Crippen LogP contribution in [0.25, 0.3) is 0 Å². The molecule has 33 heavy (non-hydrogen) atoms. The van der Waals surface area contributed by atoms with Crippen LogP contribution in [0.5, 0.6) is 5.75 Å². The predicted molar refractivity (Wildman–Crippen MR) is 132 cm³/mol. The third kappa shape index (κ3) is 4.28. The number of hydrogen-bond acceptors (Lipinski definition) is 5. The van der Waals surface area contributed by atoms with Gasteiger partial charge in [-0.2, -0.15) is 0 Å². The van der Waals surface area contributed by atoms with Gasteiger partial charge >= 0.3 is 0 Å². The van der Waals surface area contributed by atoms with Crippen LogP contribution in [0, 0.1) is 5.82 Å². The Balaban J connectivity index is 1.35. The smallest absolute Gasteiger partial charge is 0.125 e. The topological polar surface area (TPSA) is 67.2 Å². The maximum Gasteiger partial charge on any atom is 0.125 e. The Bertz CT molecular complexity index is 1060. The highest BCUT2D eigenvalue weighted by Gasteiger charge is 2.49. The van der Waals surface area contributed by atoms with E-state index in [1.54, 1.807) is 16.4 Å². The minimum atomic E-state index is -3.14. The maximum absolute atomic E-state index is 14.0. The largest absolute Gasteiger partial charge is 0.508 e. The number of phenolic OH excluding ortho intramolecular Hbond substituents is 1. The van der Waals surface area contributed by atoms with E-state index in [1.807, 2.05) is 18.2 Å². The van der Waals surface area contributed by atoms with E-state index in [0.717, 1.165) is 31.5 Å². The van der Waals surface area contributed by atoms with Crippen molar-refractivity contribution in [2.45, 2.75) is 69.5 Å². The van der Waals surface area contributed by atoms with Crippen molar-refractivity contribution < 1.29 is 18.6 Å². The average molecular weight is 473 g/mol. The molecule has 0 aromatic heterocycles. The first-order valence-electron chi connectivity index (χ1n) is 11.9. The van der Waals surface area contributed by atoms with E-state index in [2.05, 4.69) is 17.9 Å². The fraction of sp³-hybridized carbons (Fsp3) is 0.462. The van der Waals surface area contributed by atoms with Gasteiger partial charge in [0.1, 0.15) is 11.6 Å². The molecule has 2 aliphatic heterocycles. The molecule has 178 valence electrons. The van der Waals surface area contributed by atoms with Crippen molar-refractivity contribution >= 4 is 16.5 Å². The zero-order chi connectivity index (χ0) is 23.2. The fourth-order valence-electron chi connectivity index (χ4n) is 6.00. The quantitative estimate of drug-likeness (QED) is 0.467. The van der Waals surface area contributed by atoms with Crippen LogP contribution in [-0.2, 0) is 6.54 Å². The van der Waals surface area contributed by atoms with E-state index in [-0.39, 0.29) is 11.9 Å². The number of nitrogens with zero attached hydrogens (tertiary/aromatic N) is 2. The van der Waals surface area contributed by atoms with E-state index < -0.39 is 16.3 Å². The first-order valence-corrected chi connectivity index (χ1v) is 13.4. The van der Waals surface area contributed by atoms with E-state index >= 15 is 0 Å². The Labute approximate surface area is 197 Å². The Morgan fingerprint density at radius 3 is 2.64 bits per heavy atom. The van der Waals surface area contributed by atoms with E-state index in [0.29, 0.717) is 30.2 Å². The lowest BCUT2D eigenvalue weighted by Gasteiger charge is -2.52. The van der Waals surface area contributed by atoms with Crippen molar-refractivity contribution in [3.63, 3.8) is 0 Å². The summed E-state index contributed by atoms with van der Waals surface area (Å²) in [5, 5.41) is 11.9. The molecular weight excluding hydrogens is 439 g/mol. The van der Waals surface area contributed by atoms with Crippen molar-refractivity contribution in [2.75, 3.05) is 10.8 Å². The van der Waals surface area contributed by atoms with Gasteiger partial charge in [0.15, 0.2) is 0 Å². The van der Waals surface area contributed by atoms with Gasteiger partial charge in [0, 0.05) is 24.5 Å². The van der Waals surface area contributed by atoms with Crippen molar-refractivity contribution in [3.05, 3.63) is 70.9 Å². The molecule has 3 aliphatic rings. The van der Waals surface area contributed by atoms with Crippen LogP contribution < -0.4 is 4.31 Å². The van der Waals surface area contributed by atoms with Gasteiger partial charge in [-0.25, -0.2) is 4.39 Å². The second-order valence-electron chi connectivity index (χ2n) is 9.89.